The number of anilines is 2. The zero-order chi connectivity index (χ0) is 16.4. The molecule has 3 rings (SSSR count). The minimum Gasteiger partial charge on any atom is -0.490 e. The van der Waals surface area contributed by atoms with Crippen LogP contribution in [0.25, 0.3) is 10.9 Å². The number of benzene rings is 2. The first kappa shape index (κ1) is 15.4. The molecule has 0 saturated carbocycles. The van der Waals surface area contributed by atoms with Gasteiger partial charge in [-0.3, -0.25) is 0 Å². The van der Waals surface area contributed by atoms with Crippen molar-refractivity contribution in [2.45, 2.75) is 19.4 Å². The Hall–Kier alpha value is -2.53. The second-order valence-electron chi connectivity index (χ2n) is 5.38. The molecule has 118 valence electrons. The fourth-order valence-electron chi connectivity index (χ4n) is 2.55. The highest BCUT2D eigenvalue weighted by molar-refractivity contribution is 6.30. The van der Waals surface area contributed by atoms with Crippen molar-refractivity contribution in [3.63, 3.8) is 0 Å². The van der Waals surface area contributed by atoms with Crippen LogP contribution in [0.3, 0.4) is 0 Å². The Morgan fingerprint density at radius 1 is 1.13 bits per heavy atom. The van der Waals surface area contributed by atoms with E-state index in [9.17, 15) is 0 Å². The number of aromatic nitrogens is 2. The Balaban J connectivity index is 1.86. The molecule has 4 N–H and O–H groups in total. The van der Waals surface area contributed by atoms with Gasteiger partial charge >= 0.3 is 0 Å². The summed E-state index contributed by atoms with van der Waals surface area (Å²) < 4.78 is 6.05. The second kappa shape index (κ2) is 6.30. The number of hydrogen-bond acceptors (Lipinski definition) is 5. The van der Waals surface area contributed by atoms with Gasteiger partial charge in [0.2, 0.25) is 5.95 Å². The van der Waals surface area contributed by atoms with Crippen LogP contribution in [0, 0.1) is 0 Å². The lowest BCUT2D eigenvalue weighted by molar-refractivity contribution is 0.225. The van der Waals surface area contributed by atoms with E-state index in [-0.39, 0.29) is 12.1 Å². The van der Waals surface area contributed by atoms with E-state index in [0.29, 0.717) is 27.5 Å². The highest BCUT2D eigenvalue weighted by Gasteiger charge is 2.13. The largest absolute Gasteiger partial charge is 0.490 e. The van der Waals surface area contributed by atoms with Crippen molar-refractivity contribution >= 4 is 34.3 Å². The van der Waals surface area contributed by atoms with Crippen LogP contribution in [-0.2, 0) is 6.42 Å². The lowest BCUT2D eigenvalue weighted by atomic mass is 10.1. The average molecular weight is 329 g/mol. The lowest BCUT2D eigenvalue weighted by Crippen LogP contribution is -2.15. The monoisotopic (exact) mass is 328 g/mol. The molecule has 0 aliphatic rings. The molecule has 0 aliphatic carbocycles. The number of ether oxygens (including phenoxy) is 1. The molecule has 0 saturated heterocycles. The molecule has 1 atom stereocenters. The summed E-state index contributed by atoms with van der Waals surface area (Å²) in [6.07, 6.45) is 0.670. The van der Waals surface area contributed by atoms with Gasteiger partial charge < -0.3 is 16.2 Å². The quantitative estimate of drug-likeness (QED) is 0.765. The van der Waals surface area contributed by atoms with Crippen molar-refractivity contribution in [3.05, 3.63) is 53.1 Å². The highest BCUT2D eigenvalue weighted by atomic mass is 35.5. The molecule has 3 aromatic rings. The number of halogens is 1. The molecule has 5 nitrogen and oxygen atoms in total. The second-order valence-corrected chi connectivity index (χ2v) is 5.82. The van der Waals surface area contributed by atoms with Gasteiger partial charge in [-0.15, -0.1) is 0 Å². The number of nitrogens with two attached hydrogens (primary N) is 2. The van der Waals surface area contributed by atoms with Crippen LogP contribution >= 0.6 is 11.6 Å². The van der Waals surface area contributed by atoms with Gasteiger partial charge in [0.1, 0.15) is 11.6 Å². The average Bonchev–Trinajstić information content (AvgIpc) is 2.46. The van der Waals surface area contributed by atoms with Crippen LogP contribution in [-0.4, -0.2) is 16.1 Å². The molecule has 0 radical (unpaired) electrons. The van der Waals surface area contributed by atoms with E-state index < -0.39 is 0 Å². The van der Waals surface area contributed by atoms with Crippen molar-refractivity contribution in [2.24, 2.45) is 0 Å². The molecule has 6 heteroatoms. The van der Waals surface area contributed by atoms with E-state index >= 15 is 0 Å². The van der Waals surface area contributed by atoms with Gasteiger partial charge in [0.15, 0.2) is 0 Å². The van der Waals surface area contributed by atoms with Crippen LogP contribution in [0.5, 0.6) is 5.75 Å². The third-order valence-electron chi connectivity index (χ3n) is 3.47. The molecule has 0 fully saturated rings. The Labute approximate surface area is 139 Å². The minimum absolute atomic E-state index is 0.0592. The third kappa shape index (κ3) is 3.46. The first-order valence-electron chi connectivity index (χ1n) is 7.26. The van der Waals surface area contributed by atoms with Gasteiger partial charge in [-0.25, -0.2) is 4.98 Å². The van der Waals surface area contributed by atoms with E-state index in [1.807, 2.05) is 49.4 Å². The zero-order valence-electron chi connectivity index (χ0n) is 12.7. The summed E-state index contributed by atoms with van der Waals surface area (Å²) in [6, 6.07) is 13.3. The summed E-state index contributed by atoms with van der Waals surface area (Å²) in [4.78, 5) is 8.20. The number of rotatable bonds is 4. The van der Waals surface area contributed by atoms with Crippen molar-refractivity contribution in [2.75, 3.05) is 11.5 Å². The molecule has 0 bridgehead atoms. The summed E-state index contributed by atoms with van der Waals surface area (Å²) >= 11 is 6.02. The normalized spacial score (nSPS) is 12.3. The van der Waals surface area contributed by atoms with E-state index in [1.54, 1.807) is 0 Å². The molecule has 1 heterocycles. The van der Waals surface area contributed by atoms with Crippen LogP contribution in [0.15, 0.2) is 42.5 Å². The summed E-state index contributed by atoms with van der Waals surface area (Å²) in [5, 5.41) is 1.40. The first-order valence-corrected chi connectivity index (χ1v) is 7.63. The maximum atomic E-state index is 6.05. The predicted octanol–water partition coefficient (Wildman–Crippen LogP) is 3.46. The Bertz CT molecular complexity index is 853. The molecule has 23 heavy (non-hydrogen) atoms. The molecule has 0 spiro atoms. The molecular weight excluding hydrogens is 312 g/mol. The smallest absolute Gasteiger partial charge is 0.222 e. The van der Waals surface area contributed by atoms with Crippen molar-refractivity contribution in [3.8, 4) is 5.75 Å². The maximum Gasteiger partial charge on any atom is 0.222 e. The minimum atomic E-state index is -0.0592. The van der Waals surface area contributed by atoms with Crippen LogP contribution in [0.2, 0.25) is 5.02 Å². The summed E-state index contributed by atoms with van der Waals surface area (Å²) in [5.41, 5.74) is 13.4. The molecular formula is C17H17ClN4O. The van der Waals surface area contributed by atoms with Gasteiger partial charge in [-0.2, -0.15) is 4.98 Å². The van der Waals surface area contributed by atoms with Crippen LogP contribution in [0.1, 0.15) is 12.5 Å². The fourth-order valence-corrected chi connectivity index (χ4v) is 2.76. The predicted molar refractivity (Wildman–Crippen MR) is 93.6 cm³/mol. The summed E-state index contributed by atoms with van der Waals surface area (Å²) in [6.45, 7) is 1.99. The summed E-state index contributed by atoms with van der Waals surface area (Å²) in [5.74, 6) is 1.12. The molecule has 1 aromatic heterocycles. The SMILES string of the molecule is CC(Cc1cccc(Cl)c1)Oc1cccc2nc(N)nc(N)c12. The Morgan fingerprint density at radius 2 is 1.91 bits per heavy atom. The molecule has 0 aliphatic heterocycles. The molecule has 2 aromatic carbocycles. The van der Waals surface area contributed by atoms with E-state index in [1.165, 1.54) is 0 Å². The number of nitrogens with zero attached hydrogens (tertiary/aromatic N) is 2. The zero-order valence-corrected chi connectivity index (χ0v) is 13.4. The molecule has 1 unspecified atom stereocenters. The van der Waals surface area contributed by atoms with Crippen molar-refractivity contribution in [1.29, 1.82) is 0 Å². The topological polar surface area (TPSA) is 87.0 Å². The van der Waals surface area contributed by atoms with Gasteiger partial charge in [0.25, 0.3) is 0 Å². The third-order valence-corrected chi connectivity index (χ3v) is 3.71. The summed E-state index contributed by atoms with van der Waals surface area (Å²) in [7, 11) is 0. The van der Waals surface area contributed by atoms with E-state index in [0.717, 1.165) is 12.0 Å². The van der Waals surface area contributed by atoms with Crippen molar-refractivity contribution < 1.29 is 4.74 Å². The lowest BCUT2D eigenvalue weighted by Gasteiger charge is -2.17. The number of nitrogen functional groups attached to an aromatic ring is 2. The fraction of sp³-hybridized carbons (Fsp3) is 0.176. The van der Waals surface area contributed by atoms with E-state index in [2.05, 4.69) is 9.97 Å². The van der Waals surface area contributed by atoms with Crippen LogP contribution in [0.4, 0.5) is 11.8 Å². The first-order chi connectivity index (χ1) is 11.0. The van der Waals surface area contributed by atoms with Gasteiger partial charge in [0, 0.05) is 11.4 Å². The van der Waals surface area contributed by atoms with Gasteiger partial charge in [-0.05, 0) is 36.8 Å². The molecule has 0 amide bonds. The van der Waals surface area contributed by atoms with Crippen LogP contribution < -0.4 is 16.2 Å². The van der Waals surface area contributed by atoms with Gasteiger partial charge in [0.05, 0.1) is 17.0 Å². The van der Waals surface area contributed by atoms with Gasteiger partial charge in [-0.1, -0.05) is 29.8 Å². The highest BCUT2D eigenvalue weighted by Crippen LogP contribution is 2.30. The maximum absolute atomic E-state index is 6.05. The van der Waals surface area contributed by atoms with Crippen molar-refractivity contribution in [1.82, 2.24) is 9.97 Å². The Morgan fingerprint density at radius 3 is 2.70 bits per heavy atom. The van der Waals surface area contributed by atoms with E-state index in [4.69, 9.17) is 27.8 Å². The standard InChI is InChI=1S/C17H17ClN4O/c1-10(8-11-4-2-5-12(18)9-11)23-14-7-3-6-13-15(14)16(19)22-17(20)21-13/h2-7,9-10H,8H2,1H3,(H4,19,20,21,22). The number of fused-ring (bicyclic) bond motifs is 1. The Kier molecular flexibility index (Phi) is 4.21. The number of hydrogen-bond donors (Lipinski definition) is 2.